The second-order valence-corrected chi connectivity index (χ2v) is 8.46. The van der Waals surface area contributed by atoms with Gasteiger partial charge in [0.15, 0.2) is 0 Å². The summed E-state index contributed by atoms with van der Waals surface area (Å²) >= 11 is 6.02. The largest absolute Gasteiger partial charge is 0.335 e. The Balaban J connectivity index is 1.65. The van der Waals surface area contributed by atoms with Gasteiger partial charge in [-0.25, -0.2) is 4.79 Å². The lowest BCUT2D eigenvalue weighted by Gasteiger charge is -2.23. The van der Waals surface area contributed by atoms with Crippen molar-refractivity contribution in [3.05, 3.63) is 64.2 Å². The average Bonchev–Trinajstić information content (AvgIpc) is 2.94. The Morgan fingerprint density at radius 3 is 2.38 bits per heavy atom. The number of carbonyl (C=O) groups excluding carboxylic acids is 4. The number of rotatable bonds is 6. The van der Waals surface area contributed by atoms with Gasteiger partial charge < -0.3 is 15.5 Å². The Morgan fingerprint density at radius 2 is 1.75 bits per heavy atom. The first-order valence-electron chi connectivity index (χ1n) is 10.0. The topological polar surface area (TPSA) is 98.8 Å². The Labute approximate surface area is 191 Å². The standard InChI is InChI=1S/C23H25ClN4O4/c1-14-7-5-8-15(2)20(14)25-18(29)12-27(4)19(30)13-28-21(31)23(3,26-22(28)32)16-9-6-10-17(24)11-16/h5-11H,12-13H2,1-4H3,(H,25,29)(H,26,32). The molecule has 5 amide bonds. The van der Waals surface area contributed by atoms with Crippen LogP contribution in [0.1, 0.15) is 23.6 Å². The fourth-order valence-electron chi connectivity index (χ4n) is 3.59. The van der Waals surface area contributed by atoms with Gasteiger partial charge in [-0.15, -0.1) is 0 Å². The van der Waals surface area contributed by atoms with Gasteiger partial charge in [0.1, 0.15) is 12.1 Å². The van der Waals surface area contributed by atoms with Crippen LogP contribution in [0.3, 0.4) is 0 Å². The van der Waals surface area contributed by atoms with Crippen molar-refractivity contribution in [3.63, 3.8) is 0 Å². The summed E-state index contributed by atoms with van der Waals surface area (Å²) in [5, 5.41) is 5.87. The van der Waals surface area contributed by atoms with E-state index in [0.717, 1.165) is 16.0 Å². The number of nitrogens with one attached hydrogen (secondary N) is 2. The number of carbonyl (C=O) groups is 4. The van der Waals surface area contributed by atoms with Gasteiger partial charge >= 0.3 is 6.03 Å². The van der Waals surface area contributed by atoms with Crippen LogP contribution in [-0.4, -0.2) is 53.7 Å². The van der Waals surface area contributed by atoms with E-state index in [-0.39, 0.29) is 12.5 Å². The molecule has 0 spiro atoms. The van der Waals surface area contributed by atoms with Gasteiger partial charge in [-0.05, 0) is 49.6 Å². The van der Waals surface area contributed by atoms with E-state index in [9.17, 15) is 19.2 Å². The summed E-state index contributed by atoms with van der Waals surface area (Å²) in [6, 6.07) is 11.6. The lowest BCUT2D eigenvalue weighted by atomic mass is 9.92. The van der Waals surface area contributed by atoms with Gasteiger partial charge in [0.2, 0.25) is 11.8 Å². The number of likely N-dealkylation sites (N-methyl/N-ethyl adjacent to an activating group) is 1. The van der Waals surface area contributed by atoms with Crippen molar-refractivity contribution >= 4 is 41.0 Å². The molecule has 1 unspecified atom stereocenters. The van der Waals surface area contributed by atoms with Crippen LogP contribution < -0.4 is 10.6 Å². The molecule has 0 bridgehead atoms. The number of nitrogens with zero attached hydrogens (tertiary/aromatic N) is 2. The van der Waals surface area contributed by atoms with Gasteiger partial charge in [-0.3, -0.25) is 19.3 Å². The van der Waals surface area contributed by atoms with Gasteiger partial charge in [0, 0.05) is 17.8 Å². The second kappa shape index (κ2) is 9.00. The summed E-state index contributed by atoms with van der Waals surface area (Å²) in [6.45, 7) is 4.62. The molecule has 0 saturated carbocycles. The Bertz CT molecular complexity index is 1080. The first kappa shape index (κ1) is 23.3. The van der Waals surface area contributed by atoms with E-state index < -0.39 is 29.9 Å². The average molecular weight is 457 g/mol. The van der Waals surface area contributed by atoms with E-state index in [2.05, 4.69) is 10.6 Å². The first-order chi connectivity index (χ1) is 15.0. The van der Waals surface area contributed by atoms with E-state index in [1.807, 2.05) is 32.0 Å². The lowest BCUT2D eigenvalue weighted by molar-refractivity contribution is -0.139. The van der Waals surface area contributed by atoms with Crippen molar-refractivity contribution in [3.8, 4) is 0 Å². The minimum Gasteiger partial charge on any atom is -0.335 e. The van der Waals surface area contributed by atoms with Crippen LogP contribution >= 0.6 is 11.6 Å². The molecule has 1 fully saturated rings. The number of imide groups is 1. The van der Waals surface area contributed by atoms with Crippen molar-refractivity contribution in [2.75, 3.05) is 25.5 Å². The zero-order valence-electron chi connectivity index (χ0n) is 18.4. The third-order valence-electron chi connectivity index (χ3n) is 5.52. The Hall–Kier alpha value is -3.39. The van der Waals surface area contributed by atoms with Crippen LogP contribution in [0.15, 0.2) is 42.5 Å². The highest BCUT2D eigenvalue weighted by Crippen LogP contribution is 2.30. The number of aryl methyl sites for hydroxylation is 2. The summed E-state index contributed by atoms with van der Waals surface area (Å²) in [7, 11) is 1.45. The fourth-order valence-corrected chi connectivity index (χ4v) is 3.78. The van der Waals surface area contributed by atoms with Gasteiger partial charge in [-0.1, -0.05) is 41.9 Å². The molecular weight excluding hydrogens is 432 g/mol. The van der Waals surface area contributed by atoms with Crippen molar-refractivity contribution in [1.29, 1.82) is 0 Å². The predicted octanol–water partition coefficient (Wildman–Crippen LogP) is 2.82. The maximum absolute atomic E-state index is 13.0. The number of halogens is 1. The van der Waals surface area contributed by atoms with E-state index in [0.29, 0.717) is 16.3 Å². The summed E-state index contributed by atoms with van der Waals surface area (Å²) in [4.78, 5) is 52.6. The molecule has 168 valence electrons. The number of anilines is 1. The third kappa shape index (κ3) is 4.60. The van der Waals surface area contributed by atoms with Gasteiger partial charge in [0.25, 0.3) is 5.91 Å². The molecule has 2 aromatic carbocycles. The Kier molecular flexibility index (Phi) is 6.55. The molecule has 9 heteroatoms. The maximum atomic E-state index is 13.0. The number of para-hydroxylation sites is 1. The lowest BCUT2D eigenvalue weighted by Crippen LogP contribution is -2.45. The van der Waals surface area contributed by atoms with Crippen LogP contribution in [0.4, 0.5) is 10.5 Å². The highest BCUT2D eigenvalue weighted by Gasteiger charge is 2.49. The molecular formula is C23H25ClN4O4. The van der Waals surface area contributed by atoms with Crippen molar-refractivity contribution in [2.45, 2.75) is 26.3 Å². The second-order valence-electron chi connectivity index (χ2n) is 8.02. The number of amides is 5. The minimum atomic E-state index is -1.33. The van der Waals surface area contributed by atoms with Crippen molar-refractivity contribution < 1.29 is 19.2 Å². The summed E-state index contributed by atoms with van der Waals surface area (Å²) in [6.07, 6.45) is 0. The minimum absolute atomic E-state index is 0.220. The molecule has 1 saturated heterocycles. The quantitative estimate of drug-likeness (QED) is 0.653. The number of hydrogen-bond acceptors (Lipinski definition) is 4. The highest BCUT2D eigenvalue weighted by molar-refractivity contribution is 6.30. The smallest absolute Gasteiger partial charge is 0.325 e. The van der Waals surface area contributed by atoms with Crippen LogP contribution in [-0.2, 0) is 19.9 Å². The van der Waals surface area contributed by atoms with E-state index >= 15 is 0 Å². The molecule has 0 aliphatic carbocycles. The zero-order valence-corrected chi connectivity index (χ0v) is 19.1. The molecule has 8 nitrogen and oxygen atoms in total. The van der Waals surface area contributed by atoms with Gasteiger partial charge in [-0.2, -0.15) is 0 Å². The zero-order chi connectivity index (χ0) is 23.6. The maximum Gasteiger partial charge on any atom is 0.325 e. The normalized spacial score (nSPS) is 17.8. The van der Waals surface area contributed by atoms with Crippen LogP contribution in [0.5, 0.6) is 0 Å². The van der Waals surface area contributed by atoms with Crippen molar-refractivity contribution in [2.24, 2.45) is 0 Å². The number of urea groups is 1. The SMILES string of the molecule is Cc1cccc(C)c1NC(=O)CN(C)C(=O)CN1C(=O)NC(C)(c2cccc(Cl)c2)C1=O. The molecule has 1 heterocycles. The first-order valence-corrected chi connectivity index (χ1v) is 10.4. The molecule has 1 atom stereocenters. The third-order valence-corrected chi connectivity index (χ3v) is 5.76. The van der Waals surface area contributed by atoms with Gasteiger partial charge in [0.05, 0.1) is 6.54 Å². The van der Waals surface area contributed by atoms with Crippen LogP contribution in [0.25, 0.3) is 0 Å². The fraction of sp³-hybridized carbons (Fsp3) is 0.304. The molecule has 3 rings (SSSR count). The van der Waals surface area contributed by atoms with E-state index in [4.69, 9.17) is 11.6 Å². The van der Waals surface area contributed by atoms with E-state index in [1.165, 1.54) is 11.9 Å². The summed E-state index contributed by atoms with van der Waals surface area (Å²) in [5.74, 6) is -1.48. The Morgan fingerprint density at radius 1 is 1.12 bits per heavy atom. The summed E-state index contributed by atoms with van der Waals surface area (Å²) < 4.78 is 0. The molecule has 2 N–H and O–H groups in total. The van der Waals surface area contributed by atoms with E-state index in [1.54, 1.807) is 31.2 Å². The molecule has 2 aromatic rings. The number of benzene rings is 2. The molecule has 32 heavy (non-hydrogen) atoms. The summed E-state index contributed by atoms with van der Waals surface area (Å²) in [5.41, 5.74) is 1.70. The highest BCUT2D eigenvalue weighted by atomic mass is 35.5. The monoisotopic (exact) mass is 456 g/mol. The molecule has 1 aliphatic rings. The van der Waals surface area contributed by atoms with Crippen LogP contribution in [0.2, 0.25) is 5.02 Å². The molecule has 1 aliphatic heterocycles. The van der Waals surface area contributed by atoms with Crippen molar-refractivity contribution in [1.82, 2.24) is 15.1 Å². The van der Waals surface area contributed by atoms with Crippen LogP contribution in [0, 0.1) is 13.8 Å². The predicted molar refractivity (Wildman–Crippen MR) is 121 cm³/mol. The molecule has 0 radical (unpaired) electrons. The number of hydrogen-bond donors (Lipinski definition) is 2. The molecule has 0 aromatic heterocycles.